The molecule has 1 aromatic rings. The van der Waals surface area contributed by atoms with Gasteiger partial charge >= 0.3 is 0 Å². The van der Waals surface area contributed by atoms with Gasteiger partial charge in [-0.25, -0.2) is 0 Å². The minimum atomic E-state index is -0.424. The van der Waals surface area contributed by atoms with Crippen molar-refractivity contribution in [2.24, 2.45) is 0 Å². The summed E-state index contributed by atoms with van der Waals surface area (Å²) in [4.78, 5) is 0. The highest BCUT2D eigenvalue weighted by Gasteiger charge is 2.13. The Bertz CT molecular complexity index is 338. The van der Waals surface area contributed by atoms with Gasteiger partial charge in [0.05, 0.1) is 6.07 Å². The zero-order chi connectivity index (χ0) is 11.9. The molecular formula is C13H19N3. The lowest BCUT2D eigenvalue weighted by molar-refractivity contribution is 0.483. The number of benzene rings is 1. The molecule has 16 heavy (non-hydrogen) atoms. The molecule has 0 aliphatic carbocycles. The van der Waals surface area contributed by atoms with Gasteiger partial charge in [-0.1, -0.05) is 18.2 Å². The first-order chi connectivity index (χ1) is 7.64. The largest absolute Gasteiger partial charge is 0.385 e. The standard InChI is InChI=1S/C13H19N3/c1-13(2,11-14)16-10-6-9-15-12-7-4-3-5-8-12/h3-5,7-8,15-16H,6,9-10H2,1-2H3. The number of hydrogen-bond donors (Lipinski definition) is 2. The van der Waals surface area contributed by atoms with Crippen LogP contribution in [0.15, 0.2) is 30.3 Å². The number of rotatable bonds is 6. The highest BCUT2D eigenvalue weighted by Crippen LogP contribution is 2.04. The van der Waals surface area contributed by atoms with E-state index in [2.05, 4.69) is 16.7 Å². The molecule has 0 aliphatic rings. The molecule has 2 N–H and O–H groups in total. The monoisotopic (exact) mass is 217 g/mol. The molecule has 86 valence electrons. The lowest BCUT2D eigenvalue weighted by Gasteiger charge is -2.17. The predicted octanol–water partition coefficient (Wildman–Crippen LogP) is 2.38. The topological polar surface area (TPSA) is 47.9 Å². The van der Waals surface area contributed by atoms with E-state index in [9.17, 15) is 0 Å². The molecular weight excluding hydrogens is 198 g/mol. The molecule has 3 nitrogen and oxygen atoms in total. The number of para-hydroxylation sites is 1. The number of nitrogens with one attached hydrogen (secondary N) is 2. The molecule has 0 radical (unpaired) electrons. The maximum absolute atomic E-state index is 8.80. The lowest BCUT2D eigenvalue weighted by atomic mass is 10.1. The third-order valence-electron chi connectivity index (χ3n) is 2.30. The van der Waals surface area contributed by atoms with Crippen molar-refractivity contribution in [1.29, 1.82) is 5.26 Å². The van der Waals surface area contributed by atoms with Gasteiger partial charge in [0.1, 0.15) is 5.54 Å². The molecule has 0 aliphatic heterocycles. The molecule has 0 unspecified atom stereocenters. The van der Waals surface area contributed by atoms with Crippen LogP contribution in [0.1, 0.15) is 20.3 Å². The van der Waals surface area contributed by atoms with Gasteiger partial charge in [0, 0.05) is 12.2 Å². The summed E-state index contributed by atoms with van der Waals surface area (Å²) in [5.74, 6) is 0. The molecule has 0 amide bonds. The zero-order valence-corrected chi connectivity index (χ0v) is 9.96. The maximum Gasteiger partial charge on any atom is 0.101 e. The van der Waals surface area contributed by atoms with E-state index in [-0.39, 0.29) is 0 Å². The van der Waals surface area contributed by atoms with Crippen LogP contribution in [0.3, 0.4) is 0 Å². The van der Waals surface area contributed by atoms with Crippen molar-refractivity contribution in [1.82, 2.24) is 5.32 Å². The molecule has 1 aromatic carbocycles. The number of nitrogens with zero attached hydrogens (tertiary/aromatic N) is 1. The van der Waals surface area contributed by atoms with E-state index in [1.807, 2.05) is 44.2 Å². The summed E-state index contributed by atoms with van der Waals surface area (Å²) in [6.07, 6.45) is 1.00. The predicted molar refractivity (Wildman–Crippen MR) is 67.2 cm³/mol. The van der Waals surface area contributed by atoms with Crippen molar-refractivity contribution in [2.75, 3.05) is 18.4 Å². The molecule has 0 bridgehead atoms. The van der Waals surface area contributed by atoms with Crippen molar-refractivity contribution in [3.8, 4) is 6.07 Å². The van der Waals surface area contributed by atoms with Gasteiger partial charge < -0.3 is 5.32 Å². The van der Waals surface area contributed by atoms with Gasteiger partial charge in [-0.2, -0.15) is 5.26 Å². The molecule has 0 saturated carbocycles. The summed E-state index contributed by atoms with van der Waals surface area (Å²) in [5, 5.41) is 15.3. The van der Waals surface area contributed by atoms with Gasteiger partial charge in [-0.15, -0.1) is 0 Å². The summed E-state index contributed by atoms with van der Waals surface area (Å²) in [5.41, 5.74) is 0.717. The Morgan fingerprint density at radius 3 is 2.50 bits per heavy atom. The third-order valence-corrected chi connectivity index (χ3v) is 2.30. The molecule has 1 rings (SSSR count). The fourth-order valence-electron chi connectivity index (χ4n) is 1.32. The second-order valence-electron chi connectivity index (χ2n) is 4.31. The number of anilines is 1. The smallest absolute Gasteiger partial charge is 0.101 e. The van der Waals surface area contributed by atoms with Gasteiger partial charge in [0.25, 0.3) is 0 Å². The van der Waals surface area contributed by atoms with Crippen molar-refractivity contribution in [3.05, 3.63) is 30.3 Å². The molecule has 0 heterocycles. The Kier molecular flexibility index (Phi) is 4.81. The van der Waals surface area contributed by atoms with Gasteiger partial charge in [-0.3, -0.25) is 5.32 Å². The van der Waals surface area contributed by atoms with Crippen molar-refractivity contribution in [3.63, 3.8) is 0 Å². The summed E-state index contributed by atoms with van der Waals surface area (Å²) in [6.45, 7) is 5.54. The SMILES string of the molecule is CC(C)(C#N)NCCCNc1ccccc1. The first-order valence-corrected chi connectivity index (χ1v) is 5.59. The van der Waals surface area contributed by atoms with Crippen LogP contribution >= 0.6 is 0 Å². The van der Waals surface area contributed by atoms with Crippen LogP contribution in [0.2, 0.25) is 0 Å². The third kappa shape index (κ3) is 4.81. The average Bonchev–Trinajstić information content (AvgIpc) is 2.30. The summed E-state index contributed by atoms with van der Waals surface area (Å²) < 4.78 is 0. The molecule has 0 saturated heterocycles. The molecule has 0 fully saturated rings. The minimum Gasteiger partial charge on any atom is -0.385 e. The van der Waals surface area contributed by atoms with E-state index in [0.29, 0.717) is 0 Å². The Morgan fingerprint density at radius 2 is 1.88 bits per heavy atom. The highest BCUT2D eigenvalue weighted by molar-refractivity contribution is 5.42. The summed E-state index contributed by atoms with van der Waals surface area (Å²) in [7, 11) is 0. The lowest BCUT2D eigenvalue weighted by Crippen LogP contribution is -2.38. The van der Waals surface area contributed by atoms with Crippen LogP contribution in [0.5, 0.6) is 0 Å². The van der Waals surface area contributed by atoms with Crippen LogP contribution in [0, 0.1) is 11.3 Å². The van der Waals surface area contributed by atoms with E-state index >= 15 is 0 Å². The van der Waals surface area contributed by atoms with Gasteiger partial charge in [0.15, 0.2) is 0 Å². The molecule has 0 spiro atoms. The fraction of sp³-hybridized carbons (Fsp3) is 0.462. The van der Waals surface area contributed by atoms with E-state index in [0.717, 1.165) is 25.2 Å². The number of hydrogen-bond acceptors (Lipinski definition) is 3. The summed E-state index contributed by atoms with van der Waals surface area (Å²) in [6, 6.07) is 12.3. The first-order valence-electron chi connectivity index (χ1n) is 5.59. The highest BCUT2D eigenvalue weighted by atomic mass is 15.0. The van der Waals surface area contributed by atoms with E-state index in [1.165, 1.54) is 0 Å². The van der Waals surface area contributed by atoms with E-state index < -0.39 is 5.54 Å². The van der Waals surface area contributed by atoms with Crippen LogP contribution < -0.4 is 10.6 Å². The van der Waals surface area contributed by atoms with Crippen LogP contribution in [0.4, 0.5) is 5.69 Å². The molecule has 3 heteroatoms. The Balaban J connectivity index is 2.12. The van der Waals surface area contributed by atoms with Crippen molar-refractivity contribution in [2.45, 2.75) is 25.8 Å². The van der Waals surface area contributed by atoms with Gasteiger partial charge in [-0.05, 0) is 38.9 Å². The Morgan fingerprint density at radius 1 is 1.19 bits per heavy atom. The first kappa shape index (κ1) is 12.5. The van der Waals surface area contributed by atoms with Crippen molar-refractivity contribution >= 4 is 5.69 Å². The normalized spacial score (nSPS) is 10.8. The van der Waals surface area contributed by atoms with Crippen LogP contribution in [0.25, 0.3) is 0 Å². The van der Waals surface area contributed by atoms with Crippen LogP contribution in [-0.2, 0) is 0 Å². The second kappa shape index (κ2) is 6.14. The Hall–Kier alpha value is -1.53. The van der Waals surface area contributed by atoms with Crippen LogP contribution in [-0.4, -0.2) is 18.6 Å². The second-order valence-corrected chi connectivity index (χ2v) is 4.31. The maximum atomic E-state index is 8.80. The van der Waals surface area contributed by atoms with E-state index in [4.69, 9.17) is 5.26 Å². The fourth-order valence-corrected chi connectivity index (χ4v) is 1.32. The van der Waals surface area contributed by atoms with Gasteiger partial charge in [0.2, 0.25) is 0 Å². The van der Waals surface area contributed by atoms with Crippen molar-refractivity contribution < 1.29 is 0 Å². The van der Waals surface area contributed by atoms with E-state index in [1.54, 1.807) is 0 Å². The number of nitriles is 1. The Labute approximate surface area is 97.5 Å². The minimum absolute atomic E-state index is 0.424. The average molecular weight is 217 g/mol. The molecule has 0 aromatic heterocycles. The zero-order valence-electron chi connectivity index (χ0n) is 9.96. The summed E-state index contributed by atoms with van der Waals surface area (Å²) >= 11 is 0. The quantitative estimate of drug-likeness (QED) is 0.719. The molecule has 0 atom stereocenters.